The van der Waals surface area contributed by atoms with Gasteiger partial charge in [0.1, 0.15) is 11.6 Å². The van der Waals surface area contributed by atoms with Crippen LogP contribution in [-0.2, 0) is 4.79 Å². The Morgan fingerprint density at radius 3 is 2.62 bits per heavy atom. The van der Waals surface area contributed by atoms with E-state index < -0.39 is 6.04 Å². The molecule has 168 valence electrons. The number of fused-ring (bicyclic) bond motifs is 1. The van der Waals surface area contributed by atoms with Crippen molar-refractivity contribution in [3.05, 3.63) is 63.7 Å². The Morgan fingerprint density at radius 1 is 1.16 bits per heavy atom. The number of nitrogens with zero attached hydrogens (tertiary/aromatic N) is 4. The lowest BCUT2D eigenvalue weighted by Gasteiger charge is -2.18. The zero-order chi connectivity index (χ0) is 22.7. The van der Waals surface area contributed by atoms with E-state index in [4.69, 9.17) is 0 Å². The van der Waals surface area contributed by atoms with Crippen LogP contribution in [0.5, 0.6) is 0 Å². The summed E-state index contributed by atoms with van der Waals surface area (Å²) in [6.45, 7) is 6.20. The molecule has 0 fully saturated rings. The molecule has 0 radical (unpaired) electrons. The van der Waals surface area contributed by atoms with E-state index in [-0.39, 0.29) is 11.5 Å². The zero-order valence-electron chi connectivity index (χ0n) is 19.1. The predicted octanol–water partition coefficient (Wildman–Crippen LogP) is 4.16. The summed E-state index contributed by atoms with van der Waals surface area (Å²) in [6.07, 6.45) is 8.38. The number of rotatable bonds is 7. The Hall–Kier alpha value is -3.22. The summed E-state index contributed by atoms with van der Waals surface area (Å²) in [4.78, 5) is 26.4. The van der Waals surface area contributed by atoms with Gasteiger partial charge in [-0.25, -0.2) is 9.36 Å². The van der Waals surface area contributed by atoms with Crippen molar-refractivity contribution in [1.82, 2.24) is 24.9 Å². The SMILES string of the molecule is CCC(C(=O)NCCC1=CCCCC1)n1nc(C)c2nn(-c3ccccc3)c(C)c2c1=O. The average molecular weight is 434 g/mol. The third-order valence-corrected chi connectivity index (χ3v) is 6.25. The smallest absolute Gasteiger partial charge is 0.278 e. The molecule has 1 aromatic carbocycles. The number of carbonyl (C=O) groups excluding carboxylic acids is 1. The zero-order valence-corrected chi connectivity index (χ0v) is 19.1. The Morgan fingerprint density at radius 2 is 1.94 bits per heavy atom. The minimum atomic E-state index is -0.648. The second-order valence-corrected chi connectivity index (χ2v) is 8.46. The maximum absolute atomic E-state index is 13.4. The molecule has 0 saturated carbocycles. The van der Waals surface area contributed by atoms with E-state index in [0.717, 1.165) is 30.6 Å². The van der Waals surface area contributed by atoms with Crippen LogP contribution in [0.1, 0.15) is 62.9 Å². The summed E-state index contributed by atoms with van der Waals surface area (Å²) < 4.78 is 3.11. The van der Waals surface area contributed by atoms with Crippen molar-refractivity contribution in [3.63, 3.8) is 0 Å². The molecule has 1 aliphatic rings. The van der Waals surface area contributed by atoms with Gasteiger partial charge in [0, 0.05) is 6.54 Å². The summed E-state index contributed by atoms with van der Waals surface area (Å²) in [6, 6.07) is 9.06. The Bertz CT molecular complexity index is 1210. The highest BCUT2D eigenvalue weighted by Gasteiger charge is 2.25. The van der Waals surface area contributed by atoms with Crippen molar-refractivity contribution in [2.24, 2.45) is 0 Å². The maximum atomic E-state index is 13.4. The van der Waals surface area contributed by atoms with Crippen LogP contribution in [0.25, 0.3) is 16.6 Å². The van der Waals surface area contributed by atoms with Gasteiger partial charge in [-0.1, -0.05) is 36.8 Å². The van der Waals surface area contributed by atoms with Crippen LogP contribution in [0.4, 0.5) is 0 Å². The molecule has 1 unspecified atom stereocenters. The molecule has 0 spiro atoms. The second-order valence-electron chi connectivity index (χ2n) is 8.46. The van der Waals surface area contributed by atoms with E-state index in [1.807, 2.05) is 51.1 Å². The molecule has 1 aliphatic carbocycles. The lowest BCUT2D eigenvalue weighted by molar-refractivity contribution is -0.124. The maximum Gasteiger partial charge on any atom is 0.278 e. The first-order chi connectivity index (χ1) is 15.5. The highest BCUT2D eigenvalue weighted by atomic mass is 16.2. The molecule has 2 aromatic heterocycles. The van der Waals surface area contributed by atoms with Crippen LogP contribution in [0.2, 0.25) is 0 Å². The number of benzene rings is 1. The molecule has 3 aromatic rings. The van der Waals surface area contributed by atoms with Crippen LogP contribution in [-0.4, -0.2) is 32.0 Å². The largest absolute Gasteiger partial charge is 0.354 e. The van der Waals surface area contributed by atoms with E-state index in [9.17, 15) is 9.59 Å². The van der Waals surface area contributed by atoms with Gasteiger partial charge in [-0.05, 0) is 64.5 Å². The van der Waals surface area contributed by atoms with Crippen LogP contribution in [0.15, 0.2) is 46.8 Å². The van der Waals surface area contributed by atoms with Crippen LogP contribution >= 0.6 is 0 Å². The molecule has 0 saturated heterocycles. The number of allylic oxidation sites excluding steroid dienone is 1. The Kier molecular flexibility index (Phi) is 6.53. The van der Waals surface area contributed by atoms with Gasteiger partial charge in [-0.3, -0.25) is 9.59 Å². The molecule has 0 bridgehead atoms. The average Bonchev–Trinajstić information content (AvgIpc) is 3.17. The van der Waals surface area contributed by atoms with Crippen molar-refractivity contribution in [2.75, 3.05) is 6.54 Å². The fourth-order valence-electron chi connectivity index (χ4n) is 4.48. The summed E-state index contributed by atoms with van der Waals surface area (Å²) in [7, 11) is 0. The van der Waals surface area contributed by atoms with Crippen molar-refractivity contribution >= 4 is 16.8 Å². The molecule has 1 amide bonds. The van der Waals surface area contributed by atoms with Gasteiger partial charge < -0.3 is 5.32 Å². The lowest BCUT2D eigenvalue weighted by atomic mass is 9.97. The fourth-order valence-corrected chi connectivity index (χ4v) is 4.48. The molecule has 1 N–H and O–H groups in total. The third-order valence-electron chi connectivity index (χ3n) is 6.25. The monoisotopic (exact) mass is 433 g/mol. The van der Waals surface area contributed by atoms with Gasteiger partial charge in [-0.2, -0.15) is 10.2 Å². The fraction of sp³-hybridized carbons (Fsp3) is 0.440. The molecule has 0 aliphatic heterocycles. The van der Waals surface area contributed by atoms with Gasteiger partial charge in [0.25, 0.3) is 5.56 Å². The van der Waals surface area contributed by atoms with Crippen molar-refractivity contribution in [2.45, 2.75) is 65.3 Å². The van der Waals surface area contributed by atoms with Crippen LogP contribution < -0.4 is 10.9 Å². The first-order valence-electron chi connectivity index (χ1n) is 11.5. The van der Waals surface area contributed by atoms with Crippen molar-refractivity contribution < 1.29 is 4.79 Å². The number of para-hydroxylation sites is 1. The Balaban J connectivity index is 1.63. The summed E-state index contributed by atoms with van der Waals surface area (Å²) >= 11 is 0. The molecule has 1 atom stereocenters. The highest BCUT2D eigenvalue weighted by Crippen LogP contribution is 2.22. The Labute approximate surface area is 188 Å². The molecule has 2 heterocycles. The molecule has 7 heteroatoms. The van der Waals surface area contributed by atoms with Gasteiger partial charge in [0.2, 0.25) is 5.91 Å². The van der Waals surface area contributed by atoms with E-state index in [1.165, 1.54) is 23.1 Å². The molecular formula is C25H31N5O2. The number of amides is 1. The standard InChI is InChI=1S/C25H31N5O2/c1-4-21(24(31)26-16-15-19-11-7-5-8-12-19)30-25(32)22-18(3)29(20-13-9-6-10-14-20)28-23(22)17(2)27-30/h6,9-11,13-14,21H,4-5,7-8,12,15-16H2,1-3H3,(H,26,31). The van der Waals surface area contributed by atoms with Gasteiger partial charge >= 0.3 is 0 Å². The van der Waals surface area contributed by atoms with Crippen LogP contribution in [0.3, 0.4) is 0 Å². The summed E-state index contributed by atoms with van der Waals surface area (Å²) in [5.74, 6) is -0.162. The van der Waals surface area contributed by atoms with E-state index in [0.29, 0.717) is 29.6 Å². The number of aromatic nitrogens is 4. The van der Waals surface area contributed by atoms with Gasteiger partial charge in [0.15, 0.2) is 0 Å². The van der Waals surface area contributed by atoms with E-state index >= 15 is 0 Å². The van der Waals surface area contributed by atoms with Gasteiger partial charge in [-0.15, -0.1) is 0 Å². The second kappa shape index (κ2) is 9.51. The minimum Gasteiger partial charge on any atom is -0.354 e. The summed E-state index contributed by atoms with van der Waals surface area (Å²) in [5.41, 5.74) is 3.98. The number of carbonyl (C=O) groups is 1. The lowest BCUT2D eigenvalue weighted by Crippen LogP contribution is -2.39. The topological polar surface area (TPSA) is 81.8 Å². The number of aryl methyl sites for hydroxylation is 2. The number of hydrogen-bond donors (Lipinski definition) is 1. The minimum absolute atomic E-state index is 0.162. The van der Waals surface area contributed by atoms with E-state index in [1.54, 1.807) is 4.68 Å². The number of nitrogens with one attached hydrogen (secondary N) is 1. The normalized spacial score (nSPS) is 14.9. The van der Waals surface area contributed by atoms with Crippen molar-refractivity contribution in [3.8, 4) is 5.69 Å². The van der Waals surface area contributed by atoms with Crippen molar-refractivity contribution in [1.29, 1.82) is 0 Å². The highest BCUT2D eigenvalue weighted by molar-refractivity contribution is 5.84. The molecular weight excluding hydrogens is 402 g/mol. The first kappa shape index (κ1) is 22.0. The molecule has 4 rings (SSSR count). The predicted molar refractivity (Wildman–Crippen MR) is 126 cm³/mol. The first-order valence-corrected chi connectivity index (χ1v) is 11.5. The third kappa shape index (κ3) is 4.24. The van der Waals surface area contributed by atoms with Crippen LogP contribution in [0, 0.1) is 13.8 Å². The number of hydrogen-bond acceptors (Lipinski definition) is 4. The molecule has 7 nitrogen and oxygen atoms in total. The summed E-state index contributed by atoms with van der Waals surface area (Å²) in [5, 5.41) is 12.7. The molecule has 32 heavy (non-hydrogen) atoms. The van der Waals surface area contributed by atoms with E-state index in [2.05, 4.69) is 21.6 Å². The van der Waals surface area contributed by atoms with Gasteiger partial charge in [0.05, 0.1) is 22.5 Å². The quantitative estimate of drug-likeness (QED) is 0.568.